The van der Waals surface area contributed by atoms with Gasteiger partial charge in [-0.05, 0) is 33.6 Å². The van der Waals surface area contributed by atoms with Gasteiger partial charge < -0.3 is 9.90 Å². The number of Topliss-reactive ketones (excluding diaryl/α,β-unsaturated/α-hetero) is 3. The van der Waals surface area contributed by atoms with Crippen LogP contribution in [0.25, 0.3) is 0 Å². The molecular weight excluding hydrogens is 283 g/mol. The quantitative estimate of drug-likeness (QED) is 0.451. The molecule has 0 spiro atoms. The monoisotopic (exact) mass is 306 g/mol. The predicted octanol–water partition coefficient (Wildman–Crippen LogP) is -2.21. The summed E-state index contributed by atoms with van der Waals surface area (Å²) in [5.41, 5.74) is 0. The molecule has 0 rings (SSSR count). The van der Waals surface area contributed by atoms with Crippen LogP contribution >= 0.6 is 0 Å². The topological polar surface area (TPSA) is 91.3 Å². The zero-order chi connectivity index (χ0) is 16.0. The maximum Gasteiger partial charge on any atom is 1.00 e. The summed E-state index contributed by atoms with van der Waals surface area (Å²) in [7, 11) is 0. The van der Waals surface area contributed by atoms with E-state index in [4.69, 9.17) is 0 Å². The van der Waals surface area contributed by atoms with Gasteiger partial charge in [-0.25, -0.2) is 0 Å². The molecule has 0 saturated carbocycles. The second-order valence-corrected chi connectivity index (χ2v) is 5.43. The van der Waals surface area contributed by atoms with Crippen molar-refractivity contribution >= 4 is 23.3 Å². The normalized spacial score (nSPS) is 16.0. The number of carbonyl (C=O) groups is 4. The van der Waals surface area contributed by atoms with E-state index >= 15 is 0 Å². The number of ketones is 3. The van der Waals surface area contributed by atoms with Crippen LogP contribution in [0.1, 0.15) is 47.5 Å². The Kier molecular flexibility index (Phi) is 11.1. The zero-order valence-electron chi connectivity index (χ0n) is 13.8. The van der Waals surface area contributed by atoms with Crippen molar-refractivity contribution in [3.63, 3.8) is 0 Å². The molecule has 5 nitrogen and oxygen atoms in total. The van der Waals surface area contributed by atoms with Gasteiger partial charge in [-0.15, -0.1) is 0 Å². The first-order chi connectivity index (χ1) is 9.13. The van der Waals surface area contributed by atoms with Crippen molar-refractivity contribution in [1.82, 2.24) is 0 Å². The van der Waals surface area contributed by atoms with Crippen molar-refractivity contribution in [3.8, 4) is 0 Å². The van der Waals surface area contributed by atoms with E-state index in [0.29, 0.717) is 6.42 Å². The number of carbonyl (C=O) groups excluding carboxylic acids is 4. The number of hydrogen-bond acceptors (Lipinski definition) is 5. The van der Waals surface area contributed by atoms with Crippen molar-refractivity contribution in [2.75, 3.05) is 0 Å². The van der Waals surface area contributed by atoms with Crippen molar-refractivity contribution < 1.29 is 53.8 Å². The third-order valence-electron chi connectivity index (χ3n) is 3.92. The first-order valence-corrected chi connectivity index (χ1v) is 6.85. The minimum Gasteiger partial charge on any atom is -0.550 e. The maximum atomic E-state index is 11.8. The molecule has 0 amide bonds. The molecule has 0 aromatic rings. The summed E-state index contributed by atoms with van der Waals surface area (Å²) in [4.78, 5) is 46.1. The second kappa shape index (κ2) is 10.2. The molecule has 4 unspecified atom stereocenters. The molecule has 0 aromatic carbocycles. The molecule has 0 fully saturated rings. The number of rotatable bonds is 9. The van der Waals surface area contributed by atoms with E-state index in [2.05, 4.69) is 0 Å². The summed E-state index contributed by atoms with van der Waals surface area (Å²) in [6, 6.07) is 0. The molecule has 114 valence electrons. The molecule has 21 heavy (non-hydrogen) atoms. The summed E-state index contributed by atoms with van der Waals surface area (Å²) >= 11 is 0. The Labute approximate surface area is 148 Å². The molecule has 0 N–H and O–H groups in total. The Morgan fingerprint density at radius 2 is 1.33 bits per heavy atom. The number of carboxylic acids is 1. The van der Waals surface area contributed by atoms with E-state index in [1.807, 2.05) is 0 Å². The fourth-order valence-corrected chi connectivity index (χ4v) is 2.52. The minimum atomic E-state index is -1.40. The maximum absolute atomic E-state index is 11.8. The Bertz CT molecular complexity index is 405. The third kappa shape index (κ3) is 6.85. The van der Waals surface area contributed by atoms with Gasteiger partial charge in [0.25, 0.3) is 0 Å². The van der Waals surface area contributed by atoms with E-state index in [-0.39, 0.29) is 53.3 Å². The van der Waals surface area contributed by atoms with Crippen LogP contribution in [0, 0.1) is 23.7 Å². The molecule has 6 heteroatoms. The molecule has 4 atom stereocenters. The number of aliphatic carboxylic acids is 1. The van der Waals surface area contributed by atoms with Crippen LogP contribution in [0.5, 0.6) is 0 Å². The average molecular weight is 306 g/mol. The van der Waals surface area contributed by atoms with E-state index in [1.54, 1.807) is 13.8 Å². The molecule has 0 aliphatic carbocycles. The van der Waals surface area contributed by atoms with Crippen LogP contribution in [0.2, 0.25) is 0 Å². The summed E-state index contributed by atoms with van der Waals surface area (Å²) in [6.07, 6.45) is 0.458. The van der Waals surface area contributed by atoms with Crippen LogP contribution < -0.4 is 34.7 Å². The standard InChI is InChI=1S/C15H24O5.Na/c1-6-12(10(4)17)14(15(19)20)13(11(5)18)7-8(2)9(3)16;/h8,12-14H,6-7H2,1-5H3,(H,19,20);/q;+1/p-1. The smallest absolute Gasteiger partial charge is 0.550 e. The van der Waals surface area contributed by atoms with Crippen molar-refractivity contribution in [3.05, 3.63) is 0 Å². The third-order valence-corrected chi connectivity index (χ3v) is 3.92. The van der Waals surface area contributed by atoms with Gasteiger partial charge in [0.1, 0.15) is 17.3 Å². The SMILES string of the molecule is CCC(C(C)=O)C(C(=O)[O-])C(CC(C)C(C)=O)C(C)=O.[Na+]. The van der Waals surface area contributed by atoms with Crippen molar-refractivity contribution in [2.24, 2.45) is 23.7 Å². The summed E-state index contributed by atoms with van der Waals surface area (Å²) < 4.78 is 0. The Morgan fingerprint density at radius 1 is 0.905 bits per heavy atom. The van der Waals surface area contributed by atoms with Gasteiger partial charge in [-0.1, -0.05) is 13.8 Å². The fraction of sp³-hybridized carbons (Fsp3) is 0.733. The molecule has 0 aromatic heterocycles. The van der Waals surface area contributed by atoms with Crippen molar-refractivity contribution in [1.29, 1.82) is 0 Å². The second-order valence-electron chi connectivity index (χ2n) is 5.43. The molecule has 0 aliphatic rings. The molecular formula is C15H23NaO5. The Hall–Kier alpha value is -0.520. The van der Waals surface area contributed by atoms with E-state index in [0.717, 1.165) is 0 Å². The molecule has 0 radical (unpaired) electrons. The van der Waals surface area contributed by atoms with Crippen LogP contribution in [0.4, 0.5) is 0 Å². The molecule has 0 heterocycles. The van der Waals surface area contributed by atoms with Gasteiger partial charge in [-0.3, -0.25) is 14.4 Å². The van der Waals surface area contributed by atoms with Crippen LogP contribution in [-0.2, 0) is 19.2 Å². The largest absolute Gasteiger partial charge is 1.00 e. The summed E-state index contributed by atoms with van der Waals surface area (Å²) in [6.45, 7) is 7.36. The van der Waals surface area contributed by atoms with Crippen LogP contribution in [0.3, 0.4) is 0 Å². The molecule has 0 bridgehead atoms. The predicted molar refractivity (Wildman–Crippen MR) is 71.6 cm³/mol. The first-order valence-electron chi connectivity index (χ1n) is 6.85. The zero-order valence-corrected chi connectivity index (χ0v) is 15.8. The Morgan fingerprint density at radius 3 is 1.57 bits per heavy atom. The number of carboxylic acid groups (broad SMARTS) is 1. The summed E-state index contributed by atoms with van der Waals surface area (Å²) in [5, 5.41) is 11.4. The molecule has 0 aliphatic heterocycles. The van der Waals surface area contributed by atoms with E-state index in [9.17, 15) is 24.3 Å². The van der Waals surface area contributed by atoms with E-state index < -0.39 is 29.6 Å². The van der Waals surface area contributed by atoms with Crippen molar-refractivity contribution in [2.45, 2.75) is 47.5 Å². The van der Waals surface area contributed by atoms with Gasteiger partial charge in [0.05, 0.1) is 0 Å². The van der Waals surface area contributed by atoms with Gasteiger partial charge in [-0.2, -0.15) is 0 Å². The van der Waals surface area contributed by atoms with Crippen LogP contribution in [0.15, 0.2) is 0 Å². The summed E-state index contributed by atoms with van der Waals surface area (Å²) in [5.74, 6) is -5.32. The van der Waals surface area contributed by atoms with Gasteiger partial charge >= 0.3 is 29.6 Å². The van der Waals surface area contributed by atoms with Gasteiger partial charge in [0.15, 0.2) is 0 Å². The minimum absolute atomic E-state index is 0. The Balaban J connectivity index is 0. The van der Waals surface area contributed by atoms with Gasteiger partial charge in [0, 0.05) is 29.6 Å². The molecule has 0 saturated heterocycles. The fourth-order valence-electron chi connectivity index (χ4n) is 2.52. The van der Waals surface area contributed by atoms with Crippen LogP contribution in [-0.4, -0.2) is 23.3 Å². The number of hydrogen-bond donors (Lipinski definition) is 0. The first kappa shape index (κ1) is 22.8. The van der Waals surface area contributed by atoms with Gasteiger partial charge in [0.2, 0.25) is 0 Å². The van der Waals surface area contributed by atoms with E-state index in [1.165, 1.54) is 20.8 Å². The average Bonchev–Trinajstić information content (AvgIpc) is 2.31.